The summed E-state index contributed by atoms with van der Waals surface area (Å²) in [5.74, 6) is -0.576. The maximum absolute atomic E-state index is 12.1. The Morgan fingerprint density at radius 3 is 2.30 bits per heavy atom. The summed E-state index contributed by atoms with van der Waals surface area (Å²) in [4.78, 5) is 22.1. The normalized spacial score (nSPS) is 11.0. The van der Waals surface area contributed by atoms with Crippen molar-refractivity contribution >= 4 is 27.4 Å². The fourth-order valence-electron chi connectivity index (χ4n) is 1.86. The summed E-state index contributed by atoms with van der Waals surface area (Å²) < 4.78 is 30.7. The standard InChI is InChI=1S/C14H12N2O6S/c1-9-2-3-10(8-13(9)16(18)19)14(17)15-11-4-6-12(7-5-11)23(20,21)22/h2-8H,1H3,(H,15,17)(H,20,21,22). The van der Waals surface area contributed by atoms with Gasteiger partial charge in [0.15, 0.2) is 0 Å². The van der Waals surface area contributed by atoms with Crippen molar-refractivity contribution in [2.24, 2.45) is 0 Å². The van der Waals surface area contributed by atoms with Gasteiger partial charge in [-0.3, -0.25) is 19.5 Å². The van der Waals surface area contributed by atoms with Crippen LogP contribution in [0.5, 0.6) is 0 Å². The van der Waals surface area contributed by atoms with E-state index in [9.17, 15) is 23.3 Å². The molecule has 0 aliphatic carbocycles. The molecule has 23 heavy (non-hydrogen) atoms. The monoisotopic (exact) mass is 336 g/mol. The lowest BCUT2D eigenvalue weighted by molar-refractivity contribution is -0.385. The molecule has 0 saturated carbocycles. The highest BCUT2D eigenvalue weighted by Gasteiger charge is 2.15. The Bertz CT molecular complexity index is 875. The fourth-order valence-corrected chi connectivity index (χ4v) is 2.34. The van der Waals surface area contributed by atoms with Crippen molar-refractivity contribution in [1.82, 2.24) is 0 Å². The first-order valence-electron chi connectivity index (χ1n) is 6.32. The van der Waals surface area contributed by atoms with Crippen molar-refractivity contribution in [3.8, 4) is 0 Å². The average Bonchev–Trinajstić information content (AvgIpc) is 2.47. The first kappa shape index (κ1) is 16.6. The second-order valence-corrected chi connectivity index (χ2v) is 6.13. The molecule has 0 heterocycles. The minimum absolute atomic E-state index is 0.0983. The van der Waals surface area contributed by atoms with E-state index in [1.807, 2.05) is 0 Å². The van der Waals surface area contributed by atoms with Crippen LogP contribution in [0.4, 0.5) is 11.4 Å². The number of benzene rings is 2. The molecule has 120 valence electrons. The Hall–Kier alpha value is -2.78. The van der Waals surface area contributed by atoms with Crippen LogP contribution < -0.4 is 5.32 Å². The lowest BCUT2D eigenvalue weighted by atomic mass is 10.1. The second kappa shape index (κ2) is 6.15. The van der Waals surface area contributed by atoms with Gasteiger partial charge < -0.3 is 5.32 Å². The lowest BCUT2D eigenvalue weighted by Crippen LogP contribution is -2.12. The molecule has 0 radical (unpaired) electrons. The lowest BCUT2D eigenvalue weighted by Gasteiger charge is -2.06. The molecular weight excluding hydrogens is 324 g/mol. The molecule has 0 aliphatic heterocycles. The molecule has 0 bridgehead atoms. The molecular formula is C14H12N2O6S. The Kier molecular flexibility index (Phi) is 4.43. The second-order valence-electron chi connectivity index (χ2n) is 4.71. The Morgan fingerprint density at radius 1 is 1.17 bits per heavy atom. The summed E-state index contributed by atoms with van der Waals surface area (Å²) in [6.07, 6.45) is 0. The van der Waals surface area contributed by atoms with Crippen LogP contribution >= 0.6 is 0 Å². The quantitative estimate of drug-likeness (QED) is 0.501. The molecule has 9 heteroatoms. The molecule has 0 unspecified atom stereocenters. The molecule has 8 nitrogen and oxygen atoms in total. The fraction of sp³-hybridized carbons (Fsp3) is 0.0714. The van der Waals surface area contributed by atoms with E-state index in [1.165, 1.54) is 24.3 Å². The number of anilines is 1. The molecule has 0 aromatic heterocycles. The van der Waals surface area contributed by atoms with Crippen LogP contribution in [0.25, 0.3) is 0 Å². The molecule has 1 amide bonds. The number of nitrogens with zero attached hydrogens (tertiary/aromatic N) is 1. The molecule has 2 aromatic rings. The third-order valence-corrected chi connectivity index (χ3v) is 3.95. The van der Waals surface area contributed by atoms with Gasteiger partial charge in [-0.1, -0.05) is 6.07 Å². The van der Waals surface area contributed by atoms with Gasteiger partial charge in [-0.2, -0.15) is 8.42 Å². The highest BCUT2D eigenvalue weighted by Crippen LogP contribution is 2.20. The van der Waals surface area contributed by atoms with Gasteiger partial charge in [0.2, 0.25) is 0 Å². The SMILES string of the molecule is Cc1ccc(C(=O)Nc2ccc(S(=O)(=O)O)cc2)cc1[N+](=O)[O-]. The zero-order valence-electron chi connectivity index (χ0n) is 11.9. The van der Waals surface area contributed by atoms with Crippen LogP contribution in [-0.2, 0) is 10.1 Å². The van der Waals surface area contributed by atoms with Crippen LogP contribution in [0.2, 0.25) is 0 Å². The van der Waals surface area contributed by atoms with Crippen molar-refractivity contribution in [2.75, 3.05) is 5.32 Å². The first-order valence-corrected chi connectivity index (χ1v) is 7.76. The summed E-state index contributed by atoms with van der Waals surface area (Å²) >= 11 is 0. The number of hydrogen-bond donors (Lipinski definition) is 2. The van der Waals surface area contributed by atoms with Crippen molar-refractivity contribution < 1.29 is 22.7 Å². The van der Waals surface area contributed by atoms with E-state index in [1.54, 1.807) is 6.92 Å². The predicted molar refractivity (Wildman–Crippen MR) is 82.0 cm³/mol. The van der Waals surface area contributed by atoms with Crippen molar-refractivity contribution in [3.63, 3.8) is 0 Å². The zero-order valence-corrected chi connectivity index (χ0v) is 12.7. The van der Waals surface area contributed by atoms with Gasteiger partial charge in [-0.05, 0) is 37.3 Å². The third-order valence-electron chi connectivity index (χ3n) is 3.08. The highest BCUT2D eigenvalue weighted by molar-refractivity contribution is 7.85. The van der Waals surface area contributed by atoms with Crippen LogP contribution in [0.15, 0.2) is 47.4 Å². The zero-order chi connectivity index (χ0) is 17.2. The van der Waals surface area contributed by atoms with Gasteiger partial charge in [0, 0.05) is 22.9 Å². The number of nitro groups is 1. The molecule has 0 spiro atoms. The topological polar surface area (TPSA) is 127 Å². The number of carbonyl (C=O) groups excluding carboxylic acids is 1. The number of rotatable bonds is 4. The largest absolute Gasteiger partial charge is 0.322 e. The van der Waals surface area contributed by atoms with Crippen LogP contribution in [0, 0.1) is 17.0 Å². The van der Waals surface area contributed by atoms with E-state index in [0.717, 1.165) is 18.2 Å². The number of carbonyl (C=O) groups is 1. The number of aryl methyl sites for hydroxylation is 1. The number of amides is 1. The van der Waals surface area contributed by atoms with Gasteiger partial charge in [-0.25, -0.2) is 0 Å². The maximum atomic E-state index is 12.1. The van der Waals surface area contributed by atoms with E-state index < -0.39 is 20.9 Å². The molecule has 0 aliphatic rings. The summed E-state index contributed by atoms with van der Waals surface area (Å²) in [6.45, 7) is 1.56. The van der Waals surface area contributed by atoms with E-state index in [2.05, 4.69) is 5.32 Å². The van der Waals surface area contributed by atoms with Crippen LogP contribution in [0.3, 0.4) is 0 Å². The smallest absolute Gasteiger partial charge is 0.294 e. The summed E-state index contributed by atoms with van der Waals surface area (Å²) in [6, 6.07) is 8.92. The first-order chi connectivity index (χ1) is 10.7. The minimum atomic E-state index is -4.31. The minimum Gasteiger partial charge on any atom is -0.322 e. The number of nitro benzene ring substituents is 1. The van der Waals surface area contributed by atoms with Gasteiger partial charge >= 0.3 is 0 Å². The number of hydrogen-bond acceptors (Lipinski definition) is 5. The molecule has 2 rings (SSSR count). The average molecular weight is 336 g/mol. The Morgan fingerprint density at radius 2 is 1.78 bits per heavy atom. The summed E-state index contributed by atoms with van der Waals surface area (Å²) in [7, 11) is -4.31. The van der Waals surface area contributed by atoms with Gasteiger partial charge in [0.05, 0.1) is 9.82 Å². The number of nitrogens with one attached hydrogen (secondary N) is 1. The van der Waals surface area contributed by atoms with E-state index in [-0.39, 0.29) is 21.8 Å². The van der Waals surface area contributed by atoms with Crippen molar-refractivity contribution in [3.05, 3.63) is 63.7 Å². The predicted octanol–water partition coefficient (Wildman–Crippen LogP) is 2.40. The summed E-state index contributed by atoms with van der Waals surface area (Å²) in [5.41, 5.74) is 0.648. The Balaban J connectivity index is 2.22. The Labute approximate surface area is 131 Å². The molecule has 0 fully saturated rings. The molecule has 2 aromatic carbocycles. The van der Waals surface area contributed by atoms with E-state index in [4.69, 9.17) is 4.55 Å². The van der Waals surface area contributed by atoms with E-state index >= 15 is 0 Å². The third kappa shape index (κ3) is 3.90. The molecule has 0 saturated heterocycles. The molecule has 2 N–H and O–H groups in total. The maximum Gasteiger partial charge on any atom is 0.294 e. The van der Waals surface area contributed by atoms with Crippen LogP contribution in [0.1, 0.15) is 15.9 Å². The van der Waals surface area contributed by atoms with E-state index in [0.29, 0.717) is 5.56 Å². The van der Waals surface area contributed by atoms with Crippen molar-refractivity contribution in [1.29, 1.82) is 0 Å². The summed E-state index contributed by atoms with van der Waals surface area (Å²) in [5, 5.41) is 13.4. The van der Waals surface area contributed by atoms with Crippen molar-refractivity contribution in [2.45, 2.75) is 11.8 Å². The van der Waals surface area contributed by atoms with Gasteiger partial charge in [0.1, 0.15) is 0 Å². The van der Waals surface area contributed by atoms with Gasteiger partial charge in [0.25, 0.3) is 21.7 Å². The van der Waals surface area contributed by atoms with Crippen LogP contribution in [-0.4, -0.2) is 23.8 Å². The highest BCUT2D eigenvalue weighted by atomic mass is 32.2. The molecule has 0 atom stereocenters. The van der Waals surface area contributed by atoms with Gasteiger partial charge in [-0.15, -0.1) is 0 Å².